The van der Waals surface area contributed by atoms with Gasteiger partial charge in [0.1, 0.15) is 5.82 Å². The summed E-state index contributed by atoms with van der Waals surface area (Å²) in [5.74, 6) is -0.898. The molecule has 2 aromatic rings. The highest BCUT2D eigenvalue weighted by atomic mass is 35.5. The number of rotatable bonds is 5. The molecule has 0 saturated heterocycles. The lowest BCUT2D eigenvalue weighted by Gasteiger charge is -2.21. The zero-order valence-corrected chi connectivity index (χ0v) is 14.4. The van der Waals surface area contributed by atoms with Gasteiger partial charge in [0.05, 0.1) is 10.0 Å². The lowest BCUT2D eigenvalue weighted by Crippen LogP contribution is -2.31. The summed E-state index contributed by atoms with van der Waals surface area (Å²) in [5, 5.41) is 3.42. The molecule has 126 valence electrons. The van der Waals surface area contributed by atoms with E-state index in [1.165, 1.54) is 36.1 Å². The van der Waals surface area contributed by atoms with E-state index in [9.17, 15) is 14.0 Å². The summed E-state index contributed by atoms with van der Waals surface area (Å²) in [7, 11) is 0. The van der Waals surface area contributed by atoms with Gasteiger partial charge in [-0.1, -0.05) is 23.2 Å². The molecule has 0 radical (unpaired) electrons. The van der Waals surface area contributed by atoms with Crippen LogP contribution in [-0.4, -0.2) is 18.4 Å². The van der Waals surface area contributed by atoms with Crippen molar-refractivity contribution in [3.8, 4) is 0 Å². The molecule has 0 aromatic heterocycles. The average Bonchev–Trinajstić information content (AvgIpc) is 2.52. The largest absolute Gasteiger partial charge is 0.326 e. The Kier molecular flexibility index (Phi) is 6.17. The van der Waals surface area contributed by atoms with Gasteiger partial charge in [-0.2, -0.15) is 0 Å². The fourth-order valence-electron chi connectivity index (χ4n) is 2.10. The number of carbonyl (C=O) groups is 2. The second-order valence-electron chi connectivity index (χ2n) is 5.07. The second kappa shape index (κ2) is 8.13. The van der Waals surface area contributed by atoms with Crippen LogP contribution in [0.4, 0.5) is 15.8 Å². The molecular formula is C17H15Cl2FN2O2. The van der Waals surface area contributed by atoms with Crippen molar-refractivity contribution in [3.63, 3.8) is 0 Å². The van der Waals surface area contributed by atoms with Gasteiger partial charge < -0.3 is 10.2 Å². The fraction of sp³-hybridized carbons (Fsp3) is 0.176. The Labute approximate surface area is 149 Å². The highest BCUT2D eigenvalue weighted by Gasteiger charge is 2.14. The maximum atomic E-state index is 13.0. The Balaban J connectivity index is 1.98. The number of benzene rings is 2. The van der Waals surface area contributed by atoms with Crippen molar-refractivity contribution in [1.82, 2.24) is 0 Å². The molecule has 2 amide bonds. The van der Waals surface area contributed by atoms with Crippen molar-refractivity contribution in [2.45, 2.75) is 13.3 Å². The molecule has 0 heterocycles. The number of nitrogens with zero attached hydrogens (tertiary/aromatic N) is 1. The minimum Gasteiger partial charge on any atom is -0.326 e. The summed E-state index contributed by atoms with van der Waals surface area (Å²) in [4.78, 5) is 25.2. The van der Waals surface area contributed by atoms with E-state index < -0.39 is 0 Å². The van der Waals surface area contributed by atoms with Crippen LogP contribution >= 0.6 is 23.2 Å². The van der Waals surface area contributed by atoms with Crippen molar-refractivity contribution < 1.29 is 14.0 Å². The Morgan fingerprint density at radius 3 is 2.33 bits per heavy atom. The highest BCUT2D eigenvalue weighted by Crippen LogP contribution is 2.25. The minimum atomic E-state index is -0.389. The monoisotopic (exact) mass is 368 g/mol. The van der Waals surface area contributed by atoms with Crippen molar-refractivity contribution in [2.75, 3.05) is 16.8 Å². The number of carbonyl (C=O) groups excluding carboxylic acids is 2. The van der Waals surface area contributed by atoms with Crippen LogP contribution in [0.5, 0.6) is 0 Å². The van der Waals surface area contributed by atoms with E-state index in [4.69, 9.17) is 23.2 Å². The fourth-order valence-corrected chi connectivity index (χ4v) is 2.40. The Hall–Kier alpha value is -2.11. The number of anilines is 2. The van der Waals surface area contributed by atoms with Crippen LogP contribution in [0.15, 0.2) is 42.5 Å². The lowest BCUT2D eigenvalue weighted by molar-refractivity contribution is -0.117. The van der Waals surface area contributed by atoms with Crippen molar-refractivity contribution in [1.29, 1.82) is 0 Å². The topological polar surface area (TPSA) is 49.4 Å². The van der Waals surface area contributed by atoms with Gasteiger partial charge in [-0.15, -0.1) is 0 Å². The summed E-state index contributed by atoms with van der Waals surface area (Å²) >= 11 is 11.7. The van der Waals surface area contributed by atoms with E-state index in [0.29, 0.717) is 21.4 Å². The van der Waals surface area contributed by atoms with Crippen LogP contribution in [-0.2, 0) is 9.59 Å². The average molecular weight is 369 g/mol. The first-order valence-electron chi connectivity index (χ1n) is 7.15. The SMILES string of the molecule is CC(=O)N(CCC(=O)Nc1ccc(Cl)c(Cl)c1)c1ccc(F)cc1. The first-order chi connectivity index (χ1) is 11.4. The molecular weight excluding hydrogens is 354 g/mol. The van der Waals surface area contributed by atoms with Crippen molar-refractivity contribution in [3.05, 3.63) is 58.3 Å². The maximum absolute atomic E-state index is 13.0. The van der Waals surface area contributed by atoms with Crippen LogP contribution < -0.4 is 10.2 Å². The number of halogens is 3. The number of nitrogens with one attached hydrogen (secondary N) is 1. The van der Waals surface area contributed by atoms with Crippen LogP contribution in [0.2, 0.25) is 10.0 Å². The first kappa shape index (κ1) is 18.2. The minimum absolute atomic E-state index is 0.0806. The number of hydrogen-bond donors (Lipinski definition) is 1. The molecule has 1 N–H and O–H groups in total. The molecule has 0 unspecified atom stereocenters. The summed E-state index contributed by atoms with van der Waals surface area (Å²) in [5.41, 5.74) is 1.05. The number of hydrogen-bond acceptors (Lipinski definition) is 2. The van der Waals surface area contributed by atoms with E-state index >= 15 is 0 Å². The maximum Gasteiger partial charge on any atom is 0.226 e. The van der Waals surface area contributed by atoms with Gasteiger partial charge in [0, 0.05) is 31.3 Å². The smallest absolute Gasteiger partial charge is 0.226 e. The predicted molar refractivity (Wildman–Crippen MR) is 94.1 cm³/mol. The Morgan fingerprint density at radius 1 is 1.08 bits per heavy atom. The molecule has 0 aliphatic carbocycles. The van der Waals surface area contributed by atoms with Crippen molar-refractivity contribution in [2.24, 2.45) is 0 Å². The molecule has 0 aliphatic rings. The second-order valence-corrected chi connectivity index (χ2v) is 5.89. The van der Waals surface area contributed by atoms with Crippen molar-refractivity contribution >= 4 is 46.4 Å². The molecule has 0 fully saturated rings. The van der Waals surface area contributed by atoms with Gasteiger partial charge in [-0.05, 0) is 42.5 Å². The molecule has 0 aliphatic heterocycles. The zero-order chi connectivity index (χ0) is 17.7. The molecule has 7 heteroatoms. The van der Waals surface area contributed by atoms with E-state index in [1.807, 2.05) is 0 Å². The van der Waals surface area contributed by atoms with Crippen LogP contribution in [0, 0.1) is 5.82 Å². The van der Waals surface area contributed by atoms with Gasteiger partial charge in [-0.3, -0.25) is 9.59 Å². The standard InChI is InChI=1S/C17H15Cl2FN2O2/c1-11(23)22(14-5-2-12(20)3-6-14)9-8-17(24)21-13-4-7-15(18)16(19)10-13/h2-7,10H,8-9H2,1H3,(H,21,24). The quantitative estimate of drug-likeness (QED) is 0.843. The normalized spacial score (nSPS) is 10.3. The van der Waals surface area contributed by atoms with Gasteiger partial charge in [0.2, 0.25) is 11.8 Å². The third-order valence-corrected chi connectivity index (χ3v) is 4.02. The molecule has 2 rings (SSSR count). The summed E-state index contributed by atoms with van der Waals surface area (Å²) in [6.45, 7) is 1.56. The summed E-state index contributed by atoms with van der Waals surface area (Å²) in [6.07, 6.45) is 0.0806. The third-order valence-electron chi connectivity index (χ3n) is 3.28. The molecule has 4 nitrogen and oxygen atoms in total. The van der Waals surface area contributed by atoms with Gasteiger partial charge >= 0.3 is 0 Å². The van der Waals surface area contributed by atoms with Crippen LogP contribution in [0.1, 0.15) is 13.3 Å². The van der Waals surface area contributed by atoms with Gasteiger partial charge in [0.25, 0.3) is 0 Å². The number of amides is 2. The predicted octanol–water partition coefficient (Wildman–Crippen LogP) is 4.51. The van der Waals surface area contributed by atoms with E-state index in [-0.39, 0.29) is 30.6 Å². The lowest BCUT2D eigenvalue weighted by atomic mass is 10.2. The van der Waals surface area contributed by atoms with Crippen LogP contribution in [0.3, 0.4) is 0 Å². The Bertz CT molecular complexity index is 751. The van der Waals surface area contributed by atoms with Gasteiger partial charge in [-0.25, -0.2) is 4.39 Å². The van der Waals surface area contributed by atoms with E-state index in [1.54, 1.807) is 18.2 Å². The highest BCUT2D eigenvalue weighted by molar-refractivity contribution is 6.42. The Morgan fingerprint density at radius 2 is 1.75 bits per heavy atom. The third kappa shape index (κ3) is 4.94. The summed E-state index contributed by atoms with van der Waals surface area (Å²) in [6, 6.07) is 10.3. The van der Waals surface area contributed by atoms with Crippen LogP contribution in [0.25, 0.3) is 0 Å². The van der Waals surface area contributed by atoms with E-state index in [0.717, 1.165) is 0 Å². The molecule has 0 saturated carbocycles. The first-order valence-corrected chi connectivity index (χ1v) is 7.91. The van der Waals surface area contributed by atoms with E-state index in [2.05, 4.69) is 5.32 Å². The molecule has 2 aromatic carbocycles. The molecule has 0 bridgehead atoms. The zero-order valence-electron chi connectivity index (χ0n) is 12.9. The molecule has 24 heavy (non-hydrogen) atoms. The molecule has 0 spiro atoms. The summed E-state index contributed by atoms with van der Waals surface area (Å²) < 4.78 is 13.0. The van der Waals surface area contributed by atoms with Gasteiger partial charge in [0.15, 0.2) is 0 Å². The molecule has 0 atom stereocenters.